The highest BCUT2D eigenvalue weighted by atomic mass is 35.5. The van der Waals surface area contributed by atoms with Gasteiger partial charge in [0.15, 0.2) is 6.61 Å². The van der Waals surface area contributed by atoms with Crippen LogP contribution in [0.25, 0.3) is 0 Å². The van der Waals surface area contributed by atoms with Gasteiger partial charge in [-0.15, -0.1) is 0 Å². The van der Waals surface area contributed by atoms with Gasteiger partial charge in [-0.25, -0.2) is 0 Å². The highest BCUT2D eigenvalue weighted by molar-refractivity contribution is 7.87. The summed E-state index contributed by atoms with van der Waals surface area (Å²) >= 11 is 28.6. The predicted octanol–water partition coefficient (Wildman–Crippen LogP) is 4.18. The van der Waals surface area contributed by atoms with Crippen molar-refractivity contribution in [2.45, 2.75) is 4.90 Å². The second-order valence-electron chi connectivity index (χ2n) is 2.77. The van der Waals surface area contributed by atoms with Crippen LogP contribution in [0.1, 0.15) is 0 Å². The Morgan fingerprint density at radius 2 is 1.33 bits per heavy atom. The Labute approximate surface area is 128 Å². The molecule has 0 fully saturated rings. The molecule has 0 atom stereocenters. The van der Waals surface area contributed by atoms with Crippen molar-refractivity contribution in [3.8, 4) is 6.07 Å². The molecule has 0 spiro atoms. The van der Waals surface area contributed by atoms with Crippen molar-refractivity contribution in [2.75, 3.05) is 6.61 Å². The Morgan fingerprint density at radius 1 is 0.944 bits per heavy atom. The van der Waals surface area contributed by atoms with Gasteiger partial charge in [0.1, 0.15) is 4.90 Å². The van der Waals surface area contributed by atoms with Gasteiger partial charge in [0.2, 0.25) is 0 Å². The summed E-state index contributed by atoms with van der Waals surface area (Å²) in [6.45, 7) is -0.702. The largest absolute Gasteiger partial charge is 0.301 e. The normalized spacial score (nSPS) is 11.3. The fraction of sp³-hybridized carbons (Fsp3) is 0.125. The predicted molar refractivity (Wildman–Crippen MR) is 70.2 cm³/mol. The summed E-state index contributed by atoms with van der Waals surface area (Å²) in [7, 11) is -4.36. The topological polar surface area (TPSA) is 67.2 Å². The molecule has 4 nitrogen and oxygen atoms in total. The molecular formula is C8H2Cl5NO3S. The van der Waals surface area contributed by atoms with Crippen molar-refractivity contribution < 1.29 is 12.6 Å². The van der Waals surface area contributed by atoms with E-state index in [0.29, 0.717) is 0 Å². The molecule has 18 heavy (non-hydrogen) atoms. The smallest absolute Gasteiger partial charge is 0.251 e. The molecule has 0 aliphatic carbocycles. The quantitative estimate of drug-likeness (QED) is 0.455. The zero-order valence-corrected chi connectivity index (χ0v) is 12.8. The van der Waals surface area contributed by atoms with E-state index in [-0.39, 0.29) is 15.1 Å². The summed E-state index contributed by atoms with van der Waals surface area (Å²) in [6, 6.07) is 1.49. The average molecular weight is 369 g/mol. The summed E-state index contributed by atoms with van der Waals surface area (Å²) in [6.07, 6.45) is 0. The zero-order valence-electron chi connectivity index (χ0n) is 8.18. The lowest BCUT2D eigenvalue weighted by Gasteiger charge is -2.11. The van der Waals surface area contributed by atoms with Gasteiger partial charge in [-0.2, -0.15) is 13.7 Å². The van der Waals surface area contributed by atoms with Crippen LogP contribution >= 0.6 is 58.0 Å². The summed E-state index contributed by atoms with van der Waals surface area (Å²) in [5.41, 5.74) is 0. The SMILES string of the molecule is N#CCOS(=O)(=O)c1c(Cl)c(Cl)c(Cl)c(Cl)c1Cl. The molecule has 0 aromatic heterocycles. The van der Waals surface area contributed by atoms with Gasteiger partial charge in [0, 0.05) is 0 Å². The van der Waals surface area contributed by atoms with Gasteiger partial charge in [-0.1, -0.05) is 58.0 Å². The molecule has 0 saturated heterocycles. The fourth-order valence-corrected chi connectivity index (χ4v) is 3.75. The first-order valence-corrected chi connectivity index (χ1v) is 7.31. The van der Waals surface area contributed by atoms with Crippen molar-refractivity contribution in [1.82, 2.24) is 0 Å². The van der Waals surface area contributed by atoms with Gasteiger partial charge >= 0.3 is 10.1 Å². The first-order valence-electron chi connectivity index (χ1n) is 4.01. The molecule has 0 heterocycles. The van der Waals surface area contributed by atoms with Crippen LogP contribution in [-0.4, -0.2) is 15.0 Å². The van der Waals surface area contributed by atoms with E-state index < -0.39 is 31.7 Å². The molecule has 0 unspecified atom stereocenters. The zero-order chi connectivity index (χ0) is 14.1. The Bertz CT molecular complexity index is 608. The van der Waals surface area contributed by atoms with Gasteiger partial charge in [0.25, 0.3) is 0 Å². The maximum Gasteiger partial charge on any atom is 0.301 e. The minimum absolute atomic E-state index is 0.174. The van der Waals surface area contributed by atoms with E-state index in [1.165, 1.54) is 6.07 Å². The van der Waals surface area contributed by atoms with Gasteiger partial charge in [-0.05, 0) is 0 Å². The minimum Gasteiger partial charge on any atom is -0.251 e. The minimum atomic E-state index is -4.36. The molecular weight excluding hydrogens is 367 g/mol. The van der Waals surface area contributed by atoms with E-state index >= 15 is 0 Å². The van der Waals surface area contributed by atoms with E-state index in [1.807, 2.05) is 0 Å². The third-order valence-corrected chi connectivity index (χ3v) is 5.54. The maximum absolute atomic E-state index is 11.7. The molecule has 98 valence electrons. The van der Waals surface area contributed by atoms with Crippen LogP contribution in [0.15, 0.2) is 4.90 Å². The summed E-state index contributed by atoms with van der Waals surface area (Å²) in [4.78, 5) is -0.625. The Balaban J connectivity index is 3.58. The number of nitriles is 1. The number of halogens is 5. The molecule has 0 aliphatic heterocycles. The summed E-state index contributed by atoms with van der Waals surface area (Å²) in [5, 5.41) is 6.73. The first kappa shape index (κ1) is 16.1. The van der Waals surface area contributed by atoms with Crippen molar-refractivity contribution in [3.05, 3.63) is 25.1 Å². The van der Waals surface area contributed by atoms with E-state index in [9.17, 15) is 8.42 Å². The lowest BCUT2D eigenvalue weighted by atomic mass is 10.3. The van der Waals surface area contributed by atoms with Crippen molar-refractivity contribution in [2.24, 2.45) is 0 Å². The monoisotopic (exact) mass is 367 g/mol. The molecule has 0 bridgehead atoms. The molecule has 0 saturated carbocycles. The second-order valence-corrected chi connectivity index (χ2v) is 6.22. The third kappa shape index (κ3) is 2.97. The Kier molecular flexibility index (Phi) is 5.39. The van der Waals surface area contributed by atoms with E-state index in [0.717, 1.165) is 0 Å². The van der Waals surface area contributed by atoms with Crippen LogP contribution in [0.3, 0.4) is 0 Å². The number of hydrogen-bond donors (Lipinski definition) is 0. The lowest BCUT2D eigenvalue weighted by Crippen LogP contribution is -2.08. The molecule has 0 radical (unpaired) electrons. The maximum atomic E-state index is 11.7. The van der Waals surface area contributed by atoms with Crippen LogP contribution in [0, 0.1) is 11.3 Å². The van der Waals surface area contributed by atoms with Crippen LogP contribution in [0.2, 0.25) is 25.1 Å². The first-order chi connectivity index (χ1) is 8.24. The van der Waals surface area contributed by atoms with Crippen LogP contribution < -0.4 is 0 Å². The summed E-state index contributed by atoms with van der Waals surface area (Å²) < 4.78 is 27.8. The molecule has 0 amide bonds. The van der Waals surface area contributed by atoms with Gasteiger partial charge in [0.05, 0.1) is 31.2 Å². The summed E-state index contributed by atoms with van der Waals surface area (Å²) in [5.74, 6) is 0. The molecule has 10 heteroatoms. The van der Waals surface area contributed by atoms with Crippen molar-refractivity contribution >= 4 is 68.1 Å². The van der Waals surface area contributed by atoms with Crippen molar-refractivity contribution in [3.63, 3.8) is 0 Å². The van der Waals surface area contributed by atoms with Crippen molar-refractivity contribution in [1.29, 1.82) is 5.26 Å². The highest BCUT2D eigenvalue weighted by Crippen LogP contribution is 2.46. The average Bonchev–Trinajstić information content (AvgIpc) is 2.31. The van der Waals surface area contributed by atoms with E-state index in [4.69, 9.17) is 63.3 Å². The van der Waals surface area contributed by atoms with Crippen LogP contribution in [0.4, 0.5) is 0 Å². The standard InChI is InChI=1S/C8H2Cl5NO3S/c9-3-4(10)6(12)8(7(13)5(3)11)18(15,16)17-2-1-14/h2H2. The number of benzene rings is 1. The lowest BCUT2D eigenvalue weighted by molar-refractivity contribution is 0.361. The molecule has 1 rings (SSSR count). The third-order valence-electron chi connectivity index (χ3n) is 1.70. The molecule has 0 aliphatic rings. The van der Waals surface area contributed by atoms with E-state index in [2.05, 4.69) is 4.18 Å². The molecule has 1 aromatic rings. The molecule has 1 aromatic carbocycles. The number of hydrogen-bond acceptors (Lipinski definition) is 4. The van der Waals surface area contributed by atoms with Gasteiger partial charge < -0.3 is 0 Å². The number of rotatable bonds is 3. The fourth-order valence-electron chi connectivity index (χ4n) is 0.967. The number of nitrogens with zero attached hydrogens (tertiary/aromatic N) is 1. The Morgan fingerprint density at radius 3 is 1.72 bits per heavy atom. The van der Waals surface area contributed by atoms with Crippen LogP contribution in [-0.2, 0) is 14.3 Å². The highest BCUT2D eigenvalue weighted by Gasteiger charge is 2.29. The Hall–Kier alpha value is 0.0700. The van der Waals surface area contributed by atoms with E-state index in [1.54, 1.807) is 0 Å². The second kappa shape index (κ2) is 6.02. The van der Waals surface area contributed by atoms with Crippen LogP contribution in [0.5, 0.6) is 0 Å². The van der Waals surface area contributed by atoms with Gasteiger partial charge in [-0.3, -0.25) is 4.18 Å². The molecule has 0 N–H and O–H groups in total.